The summed E-state index contributed by atoms with van der Waals surface area (Å²) in [5.41, 5.74) is 2.18. The molecule has 0 radical (unpaired) electrons. The van der Waals surface area contributed by atoms with E-state index in [4.69, 9.17) is 4.74 Å². The van der Waals surface area contributed by atoms with Crippen LogP contribution in [0.3, 0.4) is 0 Å². The van der Waals surface area contributed by atoms with Gasteiger partial charge in [0.2, 0.25) is 5.78 Å². The average molecular weight is 423 g/mol. The summed E-state index contributed by atoms with van der Waals surface area (Å²) in [6, 6.07) is 18.2. The summed E-state index contributed by atoms with van der Waals surface area (Å²) in [5.74, 6) is 1.54. The van der Waals surface area contributed by atoms with Gasteiger partial charge in [0.15, 0.2) is 5.16 Å². The lowest BCUT2D eigenvalue weighted by atomic mass is 10.1. The van der Waals surface area contributed by atoms with E-state index in [-0.39, 0.29) is 5.56 Å². The second-order valence-electron chi connectivity index (χ2n) is 7.08. The van der Waals surface area contributed by atoms with Crippen molar-refractivity contribution in [2.45, 2.75) is 37.9 Å². The van der Waals surface area contributed by atoms with E-state index in [1.54, 1.807) is 16.3 Å². The molecule has 156 valence electrons. The number of hydrogen-bond acceptors (Lipinski definition) is 5. The molecular weight excluding hydrogens is 396 g/mol. The standard InChI is InChI=1S/C23H26N4O2S/c1-2-29-16-9-15-26-21(28)19-13-6-7-14-20(19)27-22(26)24-25-23(27)30-17-8-12-18-10-4-3-5-11-18/h3-7,10-11,13-14H,2,8-9,12,15-17H2,1H3. The van der Waals surface area contributed by atoms with Crippen molar-refractivity contribution in [1.29, 1.82) is 0 Å². The molecule has 0 unspecified atom stereocenters. The van der Waals surface area contributed by atoms with Crippen molar-refractivity contribution in [2.24, 2.45) is 0 Å². The van der Waals surface area contributed by atoms with E-state index in [0.717, 1.165) is 35.7 Å². The Hall–Kier alpha value is -2.64. The number of ether oxygens (including phenoxy) is 1. The van der Waals surface area contributed by atoms with Gasteiger partial charge in [-0.25, -0.2) is 0 Å². The fraction of sp³-hybridized carbons (Fsp3) is 0.348. The Bertz CT molecular complexity index is 1170. The van der Waals surface area contributed by atoms with E-state index >= 15 is 0 Å². The molecule has 0 N–H and O–H groups in total. The maximum Gasteiger partial charge on any atom is 0.262 e. The second-order valence-corrected chi connectivity index (χ2v) is 8.14. The molecule has 2 aromatic heterocycles. The highest BCUT2D eigenvalue weighted by Crippen LogP contribution is 2.22. The second kappa shape index (κ2) is 9.91. The van der Waals surface area contributed by atoms with Crippen LogP contribution in [0.1, 0.15) is 25.3 Å². The van der Waals surface area contributed by atoms with Crippen LogP contribution in [0.5, 0.6) is 0 Å². The fourth-order valence-electron chi connectivity index (χ4n) is 3.58. The lowest BCUT2D eigenvalue weighted by Crippen LogP contribution is -2.24. The van der Waals surface area contributed by atoms with E-state index in [2.05, 4.69) is 34.5 Å². The van der Waals surface area contributed by atoms with Gasteiger partial charge in [-0.15, -0.1) is 10.2 Å². The van der Waals surface area contributed by atoms with Crippen molar-refractivity contribution < 1.29 is 4.74 Å². The van der Waals surface area contributed by atoms with Crippen molar-refractivity contribution in [1.82, 2.24) is 19.2 Å². The van der Waals surface area contributed by atoms with Crippen LogP contribution in [-0.2, 0) is 17.7 Å². The van der Waals surface area contributed by atoms with E-state index in [0.29, 0.717) is 30.9 Å². The van der Waals surface area contributed by atoms with Crippen LogP contribution in [0.15, 0.2) is 64.5 Å². The van der Waals surface area contributed by atoms with Crippen LogP contribution in [0.25, 0.3) is 16.7 Å². The molecule has 0 aliphatic heterocycles. The minimum atomic E-state index is -0.0253. The Labute approximate surface area is 179 Å². The zero-order valence-electron chi connectivity index (χ0n) is 17.2. The lowest BCUT2D eigenvalue weighted by Gasteiger charge is -2.11. The van der Waals surface area contributed by atoms with E-state index < -0.39 is 0 Å². The van der Waals surface area contributed by atoms with E-state index in [1.807, 2.05) is 41.7 Å². The molecule has 0 amide bonds. The smallest absolute Gasteiger partial charge is 0.262 e. The first-order valence-electron chi connectivity index (χ1n) is 10.4. The Morgan fingerprint density at radius 2 is 1.80 bits per heavy atom. The fourth-order valence-corrected chi connectivity index (χ4v) is 4.46. The summed E-state index contributed by atoms with van der Waals surface area (Å²) < 4.78 is 9.18. The van der Waals surface area contributed by atoms with Crippen LogP contribution < -0.4 is 5.56 Å². The Kier molecular flexibility index (Phi) is 6.81. The van der Waals surface area contributed by atoms with Gasteiger partial charge in [-0.1, -0.05) is 54.2 Å². The van der Waals surface area contributed by atoms with Gasteiger partial charge in [-0.2, -0.15) is 0 Å². The first-order chi connectivity index (χ1) is 14.8. The van der Waals surface area contributed by atoms with Crippen LogP contribution >= 0.6 is 11.8 Å². The molecule has 0 fully saturated rings. The largest absolute Gasteiger partial charge is 0.382 e. The molecule has 0 aliphatic carbocycles. The van der Waals surface area contributed by atoms with Gasteiger partial charge in [-0.05, 0) is 43.9 Å². The number of benzene rings is 2. The minimum absolute atomic E-state index is 0.0253. The van der Waals surface area contributed by atoms with Crippen molar-refractivity contribution in [3.05, 3.63) is 70.5 Å². The number of hydrogen-bond donors (Lipinski definition) is 0. The molecule has 0 spiro atoms. The quantitative estimate of drug-likeness (QED) is 0.283. The molecule has 30 heavy (non-hydrogen) atoms. The summed E-state index contributed by atoms with van der Waals surface area (Å²) >= 11 is 1.69. The molecule has 0 saturated heterocycles. The van der Waals surface area contributed by atoms with Gasteiger partial charge in [0, 0.05) is 25.5 Å². The highest BCUT2D eigenvalue weighted by Gasteiger charge is 2.16. The molecule has 2 aromatic carbocycles. The summed E-state index contributed by atoms with van der Waals surface area (Å²) in [6.07, 6.45) is 2.84. The Balaban J connectivity index is 1.59. The summed E-state index contributed by atoms with van der Waals surface area (Å²) in [4.78, 5) is 13.1. The molecular formula is C23H26N4O2S. The maximum atomic E-state index is 13.1. The lowest BCUT2D eigenvalue weighted by molar-refractivity contribution is 0.141. The van der Waals surface area contributed by atoms with Crippen molar-refractivity contribution in [3.8, 4) is 0 Å². The molecule has 4 aromatic rings. The van der Waals surface area contributed by atoms with Crippen molar-refractivity contribution >= 4 is 28.4 Å². The maximum absolute atomic E-state index is 13.1. The number of nitrogens with zero attached hydrogens (tertiary/aromatic N) is 4. The van der Waals surface area contributed by atoms with Gasteiger partial charge in [0.25, 0.3) is 5.56 Å². The monoisotopic (exact) mass is 422 g/mol. The third-order valence-electron chi connectivity index (χ3n) is 5.04. The van der Waals surface area contributed by atoms with Crippen molar-refractivity contribution in [3.63, 3.8) is 0 Å². The zero-order valence-corrected chi connectivity index (χ0v) is 18.0. The molecule has 7 heteroatoms. The third-order valence-corrected chi connectivity index (χ3v) is 6.05. The Morgan fingerprint density at radius 1 is 1.00 bits per heavy atom. The van der Waals surface area contributed by atoms with Crippen LogP contribution in [0.4, 0.5) is 0 Å². The third kappa shape index (κ3) is 4.42. The minimum Gasteiger partial charge on any atom is -0.382 e. The number of fused-ring (bicyclic) bond motifs is 3. The zero-order chi connectivity index (χ0) is 20.8. The SMILES string of the molecule is CCOCCCn1c(=O)c2ccccc2n2c(SCCCc3ccccc3)nnc12. The van der Waals surface area contributed by atoms with Gasteiger partial charge < -0.3 is 4.74 Å². The van der Waals surface area contributed by atoms with E-state index in [1.165, 1.54) is 5.56 Å². The van der Waals surface area contributed by atoms with Crippen LogP contribution in [0.2, 0.25) is 0 Å². The highest BCUT2D eigenvalue weighted by molar-refractivity contribution is 7.99. The molecule has 6 nitrogen and oxygen atoms in total. The molecule has 0 atom stereocenters. The molecule has 2 heterocycles. The molecule has 4 rings (SSSR count). The number of para-hydroxylation sites is 1. The predicted molar refractivity (Wildman–Crippen MR) is 121 cm³/mol. The first-order valence-corrected chi connectivity index (χ1v) is 11.4. The number of thioether (sulfide) groups is 1. The first kappa shape index (κ1) is 20.6. The van der Waals surface area contributed by atoms with Crippen LogP contribution in [0, 0.1) is 0 Å². The van der Waals surface area contributed by atoms with Gasteiger partial charge in [-0.3, -0.25) is 13.8 Å². The summed E-state index contributed by atoms with van der Waals surface area (Å²) in [5, 5.41) is 10.3. The predicted octanol–water partition coefficient (Wildman–Crippen LogP) is 4.20. The summed E-state index contributed by atoms with van der Waals surface area (Å²) in [6.45, 7) is 3.83. The molecule has 0 aliphatic rings. The highest BCUT2D eigenvalue weighted by atomic mass is 32.2. The number of aryl methyl sites for hydroxylation is 2. The topological polar surface area (TPSA) is 61.4 Å². The van der Waals surface area contributed by atoms with Crippen LogP contribution in [-0.4, -0.2) is 38.1 Å². The number of rotatable bonds is 10. The Morgan fingerprint density at radius 3 is 2.63 bits per heavy atom. The molecule has 0 saturated carbocycles. The number of aromatic nitrogens is 4. The van der Waals surface area contributed by atoms with Crippen molar-refractivity contribution in [2.75, 3.05) is 19.0 Å². The van der Waals surface area contributed by atoms with E-state index in [9.17, 15) is 4.79 Å². The van der Waals surface area contributed by atoms with Gasteiger partial charge in [0.1, 0.15) is 0 Å². The van der Waals surface area contributed by atoms with Gasteiger partial charge in [0.05, 0.1) is 10.9 Å². The van der Waals surface area contributed by atoms with Gasteiger partial charge >= 0.3 is 0 Å². The summed E-state index contributed by atoms with van der Waals surface area (Å²) in [7, 11) is 0. The normalized spacial score (nSPS) is 11.5. The average Bonchev–Trinajstić information content (AvgIpc) is 3.21. The molecule has 0 bridgehead atoms.